The normalized spacial score (nSPS) is 16.4. The first-order chi connectivity index (χ1) is 9.24. The van der Waals surface area contributed by atoms with Crippen molar-refractivity contribution in [1.29, 1.82) is 0 Å². The molecule has 0 atom stereocenters. The molecule has 1 aromatic carbocycles. The SMILES string of the molecule is I.NC(N)=NCCN1CCN(Cc2ccccc2)CC1. The maximum Gasteiger partial charge on any atom is 0.185 e. The lowest BCUT2D eigenvalue weighted by Gasteiger charge is -2.34. The molecule has 1 heterocycles. The molecule has 4 N–H and O–H groups in total. The Morgan fingerprint density at radius 3 is 2.20 bits per heavy atom. The van der Waals surface area contributed by atoms with E-state index in [2.05, 4.69) is 45.1 Å². The van der Waals surface area contributed by atoms with Crippen LogP contribution in [0, 0.1) is 0 Å². The molecule has 0 saturated carbocycles. The molecule has 5 nitrogen and oxygen atoms in total. The zero-order valence-electron chi connectivity index (χ0n) is 11.7. The molecule has 2 rings (SSSR count). The molecule has 0 unspecified atom stereocenters. The third-order valence-corrected chi connectivity index (χ3v) is 3.42. The molecular formula is C14H24IN5. The standard InChI is InChI=1S/C14H23N5.HI/c15-14(16)17-6-7-18-8-10-19(11-9-18)12-13-4-2-1-3-5-13;/h1-5H,6-12H2,(H4,15,16,17);1H. The number of aliphatic imine (C=N–C) groups is 1. The van der Waals surface area contributed by atoms with Gasteiger partial charge < -0.3 is 11.5 Å². The first kappa shape index (κ1) is 17.2. The number of piperazine rings is 1. The molecule has 1 aliphatic rings. The van der Waals surface area contributed by atoms with Gasteiger partial charge in [-0.05, 0) is 5.56 Å². The van der Waals surface area contributed by atoms with Gasteiger partial charge in [-0.1, -0.05) is 30.3 Å². The van der Waals surface area contributed by atoms with Crippen molar-refractivity contribution < 1.29 is 0 Å². The van der Waals surface area contributed by atoms with Crippen LogP contribution in [0.4, 0.5) is 0 Å². The van der Waals surface area contributed by atoms with Crippen LogP contribution in [0.25, 0.3) is 0 Å². The minimum absolute atomic E-state index is 0. The molecule has 0 radical (unpaired) electrons. The number of halogens is 1. The molecule has 1 fully saturated rings. The summed E-state index contributed by atoms with van der Waals surface area (Å²) in [6, 6.07) is 10.6. The third-order valence-electron chi connectivity index (χ3n) is 3.42. The Morgan fingerprint density at radius 2 is 1.60 bits per heavy atom. The minimum atomic E-state index is 0. The summed E-state index contributed by atoms with van der Waals surface area (Å²) in [4.78, 5) is 8.93. The number of guanidine groups is 1. The first-order valence-corrected chi connectivity index (χ1v) is 6.78. The molecule has 0 aliphatic carbocycles. The zero-order chi connectivity index (χ0) is 13.5. The van der Waals surface area contributed by atoms with Crippen LogP contribution in [0.1, 0.15) is 5.56 Å². The summed E-state index contributed by atoms with van der Waals surface area (Å²) in [5.41, 5.74) is 12.0. The zero-order valence-corrected chi connectivity index (χ0v) is 14.1. The fourth-order valence-electron chi connectivity index (χ4n) is 2.33. The van der Waals surface area contributed by atoms with Gasteiger partial charge >= 0.3 is 0 Å². The van der Waals surface area contributed by atoms with Crippen molar-refractivity contribution >= 4 is 29.9 Å². The molecule has 0 bridgehead atoms. The molecule has 20 heavy (non-hydrogen) atoms. The maximum atomic E-state index is 5.32. The molecule has 0 amide bonds. The van der Waals surface area contributed by atoms with Crippen LogP contribution in [0.3, 0.4) is 0 Å². The summed E-state index contributed by atoms with van der Waals surface area (Å²) >= 11 is 0. The third kappa shape index (κ3) is 6.06. The van der Waals surface area contributed by atoms with Gasteiger partial charge in [-0.15, -0.1) is 24.0 Å². The lowest BCUT2D eigenvalue weighted by atomic mass is 10.2. The molecule has 1 aromatic rings. The molecule has 1 aliphatic heterocycles. The van der Waals surface area contributed by atoms with E-state index in [1.165, 1.54) is 5.56 Å². The highest BCUT2D eigenvalue weighted by molar-refractivity contribution is 14.0. The van der Waals surface area contributed by atoms with Gasteiger partial charge in [-0.25, -0.2) is 0 Å². The van der Waals surface area contributed by atoms with Crippen molar-refractivity contribution in [2.45, 2.75) is 6.54 Å². The van der Waals surface area contributed by atoms with Gasteiger partial charge in [-0.2, -0.15) is 0 Å². The predicted molar refractivity (Wildman–Crippen MR) is 94.3 cm³/mol. The number of hydrogen-bond donors (Lipinski definition) is 2. The Labute approximate surface area is 138 Å². The molecule has 112 valence electrons. The smallest absolute Gasteiger partial charge is 0.185 e. The van der Waals surface area contributed by atoms with E-state index < -0.39 is 0 Å². The van der Waals surface area contributed by atoms with E-state index >= 15 is 0 Å². The highest BCUT2D eigenvalue weighted by Gasteiger charge is 2.16. The van der Waals surface area contributed by atoms with Crippen LogP contribution in [0.2, 0.25) is 0 Å². The van der Waals surface area contributed by atoms with Crippen LogP contribution in [-0.4, -0.2) is 55.0 Å². The summed E-state index contributed by atoms with van der Waals surface area (Å²) in [5, 5.41) is 0. The van der Waals surface area contributed by atoms with E-state index in [1.54, 1.807) is 0 Å². The second kappa shape index (κ2) is 9.15. The second-order valence-corrected chi connectivity index (χ2v) is 4.91. The van der Waals surface area contributed by atoms with Gasteiger partial charge in [0.2, 0.25) is 0 Å². The highest BCUT2D eigenvalue weighted by atomic mass is 127. The van der Waals surface area contributed by atoms with E-state index in [0.29, 0.717) is 6.54 Å². The lowest BCUT2D eigenvalue weighted by Crippen LogP contribution is -2.46. The Bertz CT molecular complexity index is 397. The molecule has 6 heteroatoms. The maximum absolute atomic E-state index is 5.32. The van der Waals surface area contributed by atoms with E-state index in [0.717, 1.165) is 39.3 Å². The molecular weight excluding hydrogens is 365 g/mol. The topological polar surface area (TPSA) is 70.9 Å². The van der Waals surface area contributed by atoms with Crippen LogP contribution >= 0.6 is 24.0 Å². The fraction of sp³-hybridized carbons (Fsp3) is 0.500. The highest BCUT2D eigenvalue weighted by Crippen LogP contribution is 2.08. The summed E-state index contributed by atoms with van der Waals surface area (Å²) in [6.07, 6.45) is 0. The van der Waals surface area contributed by atoms with E-state index in [-0.39, 0.29) is 29.9 Å². The van der Waals surface area contributed by atoms with E-state index in [1.807, 2.05) is 0 Å². The Balaban J connectivity index is 0.00000200. The van der Waals surface area contributed by atoms with Crippen LogP contribution in [0.15, 0.2) is 35.3 Å². The van der Waals surface area contributed by atoms with E-state index in [9.17, 15) is 0 Å². The largest absolute Gasteiger partial charge is 0.370 e. The van der Waals surface area contributed by atoms with Crippen molar-refractivity contribution in [1.82, 2.24) is 9.80 Å². The van der Waals surface area contributed by atoms with Gasteiger partial charge in [0.15, 0.2) is 5.96 Å². The number of nitrogens with zero attached hydrogens (tertiary/aromatic N) is 3. The van der Waals surface area contributed by atoms with Crippen LogP contribution in [0.5, 0.6) is 0 Å². The average Bonchev–Trinajstić information content (AvgIpc) is 2.42. The fourth-order valence-corrected chi connectivity index (χ4v) is 2.33. The van der Waals surface area contributed by atoms with Crippen molar-refractivity contribution in [3.05, 3.63) is 35.9 Å². The van der Waals surface area contributed by atoms with Gasteiger partial charge in [0, 0.05) is 39.3 Å². The van der Waals surface area contributed by atoms with Crippen molar-refractivity contribution in [2.24, 2.45) is 16.5 Å². The lowest BCUT2D eigenvalue weighted by molar-refractivity contribution is 0.130. The Kier molecular flexibility index (Phi) is 7.86. The average molecular weight is 389 g/mol. The number of nitrogens with two attached hydrogens (primary N) is 2. The van der Waals surface area contributed by atoms with Gasteiger partial charge in [0.25, 0.3) is 0 Å². The van der Waals surface area contributed by atoms with E-state index in [4.69, 9.17) is 11.5 Å². The second-order valence-electron chi connectivity index (χ2n) is 4.91. The van der Waals surface area contributed by atoms with Crippen molar-refractivity contribution in [3.8, 4) is 0 Å². The summed E-state index contributed by atoms with van der Waals surface area (Å²) < 4.78 is 0. The van der Waals surface area contributed by atoms with Crippen LogP contribution < -0.4 is 11.5 Å². The summed E-state index contributed by atoms with van der Waals surface area (Å²) in [6.45, 7) is 7.08. The van der Waals surface area contributed by atoms with Crippen molar-refractivity contribution in [3.63, 3.8) is 0 Å². The predicted octanol–water partition coefficient (Wildman–Crippen LogP) is 0.696. The van der Waals surface area contributed by atoms with Gasteiger partial charge in [0.05, 0.1) is 6.54 Å². The van der Waals surface area contributed by atoms with Crippen molar-refractivity contribution in [2.75, 3.05) is 39.3 Å². The minimum Gasteiger partial charge on any atom is -0.370 e. The summed E-state index contributed by atoms with van der Waals surface area (Å²) in [7, 11) is 0. The quantitative estimate of drug-likeness (QED) is 0.442. The number of hydrogen-bond acceptors (Lipinski definition) is 3. The van der Waals surface area contributed by atoms with Gasteiger partial charge in [0.1, 0.15) is 0 Å². The number of rotatable bonds is 5. The Morgan fingerprint density at radius 1 is 1.00 bits per heavy atom. The monoisotopic (exact) mass is 389 g/mol. The molecule has 0 aromatic heterocycles. The Hall–Kier alpha value is -0.860. The molecule has 1 saturated heterocycles. The van der Waals surface area contributed by atoms with Gasteiger partial charge in [-0.3, -0.25) is 14.8 Å². The summed E-state index contributed by atoms with van der Waals surface area (Å²) in [5.74, 6) is 0.183. The first-order valence-electron chi connectivity index (χ1n) is 6.78. The van der Waals surface area contributed by atoms with Crippen LogP contribution in [-0.2, 0) is 6.54 Å². The number of benzene rings is 1. The molecule has 0 spiro atoms.